The number of anilines is 1. The zero-order valence-corrected chi connectivity index (χ0v) is 11.3. The molecule has 1 unspecified atom stereocenters. The van der Waals surface area contributed by atoms with Crippen LogP contribution in [-0.4, -0.2) is 46.3 Å². The number of likely N-dealkylation sites (tertiary alicyclic amines) is 1. The summed E-state index contributed by atoms with van der Waals surface area (Å²) in [4.78, 5) is 6.71. The smallest absolute Gasteiger partial charge is 0.181 e. The largest absolute Gasteiger partial charge is 0.381 e. The van der Waals surface area contributed by atoms with Gasteiger partial charge in [0.2, 0.25) is 0 Å². The molecule has 2 N–H and O–H groups in total. The molecule has 5 nitrogen and oxygen atoms in total. The predicted molar refractivity (Wildman–Crippen MR) is 76.1 cm³/mol. The molecule has 1 saturated heterocycles. The van der Waals surface area contributed by atoms with Gasteiger partial charge in [-0.05, 0) is 39.1 Å². The van der Waals surface area contributed by atoms with E-state index in [9.17, 15) is 0 Å². The lowest BCUT2D eigenvalue weighted by Crippen LogP contribution is -2.23. The van der Waals surface area contributed by atoms with Crippen LogP contribution in [0.5, 0.6) is 0 Å². The normalized spacial score (nSPS) is 19.8. The van der Waals surface area contributed by atoms with Gasteiger partial charge in [0.1, 0.15) is 5.82 Å². The monoisotopic (exact) mass is 257 g/mol. The van der Waals surface area contributed by atoms with Gasteiger partial charge in [-0.2, -0.15) is 5.10 Å². The van der Waals surface area contributed by atoms with Crippen molar-refractivity contribution in [3.63, 3.8) is 0 Å². The van der Waals surface area contributed by atoms with Crippen molar-refractivity contribution >= 4 is 5.69 Å². The standard InChI is InChI=1S/C14H19N5/c1-10-15-14(18-17-10)11-4-3-5-12(8-11)16-13-6-7-19(2)9-13/h3-5,8,13,16H,6-7,9H2,1-2H3,(H,15,17,18). The lowest BCUT2D eigenvalue weighted by molar-refractivity contribution is 0.414. The molecule has 0 bridgehead atoms. The third-order valence-corrected chi connectivity index (χ3v) is 3.48. The number of H-pyrrole nitrogens is 1. The summed E-state index contributed by atoms with van der Waals surface area (Å²) in [5.74, 6) is 1.59. The fourth-order valence-electron chi connectivity index (χ4n) is 2.51. The van der Waals surface area contributed by atoms with Crippen LogP contribution in [-0.2, 0) is 0 Å². The zero-order valence-electron chi connectivity index (χ0n) is 11.3. The molecule has 1 aromatic heterocycles. The van der Waals surface area contributed by atoms with Crippen LogP contribution < -0.4 is 5.32 Å². The van der Waals surface area contributed by atoms with Crippen LogP contribution in [0.2, 0.25) is 0 Å². The molecule has 1 aliphatic heterocycles. The van der Waals surface area contributed by atoms with E-state index >= 15 is 0 Å². The molecule has 3 rings (SSSR count). The first kappa shape index (κ1) is 12.2. The first-order chi connectivity index (χ1) is 9.20. The van der Waals surface area contributed by atoms with Crippen LogP contribution >= 0.6 is 0 Å². The van der Waals surface area contributed by atoms with Crippen LogP contribution in [0.4, 0.5) is 5.69 Å². The summed E-state index contributed by atoms with van der Waals surface area (Å²) in [7, 11) is 2.16. The third kappa shape index (κ3) is 2.76. The Balaban J connectivity index is 1.76. The maximum absolute atomic E-state index is 4.36. The van der Waals surface area contributed by atoms with Crippen LogP contribution in [0.1, 0.15) is 12.2 Å². The third-order valence-electron chi connectivity index (χ3n) is 3.48. The van der Waals surface area contributed by atoms with Gasteiger partial charge in [0.15, 0.2) is 5.82 Å². The SMILES string of the molecule is Cc1nc(-c2cccc(NC3CCN(C)C3)c2)n[nH]1. The van der Waals surface area contributed by atoms with Crippen LogP contribution in [0.3, 0.4) is 0 Å². The Bertz CT molecular complexity index is 562. The van der Waals surface area contributed by atoms with Gasteiger partial charge in [-0.25, -0.2) is 4.98 Å². The number of hydrogen-bond donors (Lipinski definition) is 2. The molecule has 2 aromatic rings. The Morgan fingerprint density at radius 1 is 1.42 bits per heavy atom. The van der Waals surface area contributed by atoms with Crippen molar-refractivity contribution in [3.8, 4) is 11.4 Å². The molecule has 1 aliphatic rings. The highest BCUT2D eigenvalue weighted by Crippen LogP contribution is 2.21. The number of aryl methyl sites for hydroxylation is 1. The highest BCUT2D eigenvalue weighted by atomic mass is 15.2. The number of likely N-dealkylation sites (N-methyl/N-ethyl adjacent to an activating group) is 1. The molecule has 2 heterocycles. The van der Waals surface area contributed by atoms with Gasteiger partial charge in [-0.15, -0.1) is 0 Å². The summed E-state index contributed by atoms with van der Waals surface area (Å²) in [5, 5.41) is 10.7. The number of hydrogen-bond acceptors (Lipinski definition) is 4. The Kier molecular flexibility index (Phi) is 3.21. The Hall–Kier alpha value is -1.88. The average Bonchev–Trinajstić information content (AvgIpc) is 2.99. The molecule has 0 amide bonds. The van der Waals surface area contributed by atoms with Crippen LogP contribution in [0.25, 0.3) is 11.4 Å². The molecule has 0 saturated carbocycles. The second kappa shape index (κ2) is 5.01. The number of aromatic amines is 1. The number of nitrogens with one attached hydrogen (secondary N) is 2. The number of nitrogens with zero attached hydrogens (tertiary/aromatic N) is 3. The molecule has 0 radical (unpaired) electrons. The molecule has 0 aliphatic carbocycles. The van der Waals surface area contributed by atoms with E-state index in [2.05, 4.69) is 44.6 Å². The molecule has 19 heavy (non-hydrogen) atoms. The minimum absolute atomic E-state index is 0.536. The van der Waals surface area contributed by atoms with E-state index in [1.807, 2.05) is 19.1 Å². The predicted octanol–water partition coefficient (Wildman–Crippen LogP) is 1.90. The fourth-order valence-corrected chi connectivity index (χ4v) is 2.51. The highest BCUT2D eigenvalue weighted by Gasteiger charge is 2.19. The molecular weight excluding hydrogens is 238 g/mol. The first-order valence-electron chi connectivity index (χ1n) is 6.65. The zero-order chi connectivity index (χ0) is 13.2. The van der Waals surface area contributed by atoms with Gasteiger partial charge in [0, 0.05) is 23.8 Å². The Morgan fingerprint density at radius 3 is 3.00 bits per heavy atom. The van der Waals surface area contributed by atoms with Crippen molar-refractivity contribution in [1.29, 1.82) is 0 Å². The van der Waals surface area contributed by atoms with E-state index in [0.717, 1.165) is 36.0 Å². The van der Waals surface area contributed by atoms with Crippen molar-refractivity contribution in [3.05, 3.63) is 30.1 Å². The summed E-state index contributed by atoms with van der Waals surface area (Å²) >= 11 is 0. The Morgan fingerprint density at radius 2 is 2.32 bits per heavy atom. The van der Waals surface area contributed by atoms with Gasteiger partial charge in [0.25, 0.3) is 0 Å². The fraction of sp³-hybridized carbons (Fsp3) is 0.429. The minimum Gasteiger partial charge on any atom is -0.381 e. The summed E-state index contributed by atoms with van der Waals surface area (Å²) < 4.78 is 0. The lowest BCUT2D eigenvalue weighted by Gasteiger charge is -2.14. The summed E-state index contributed by atoms with van der Waals surface area (Å²) in [5.41, 5.74) is 2.18. The highest BCUT2D eigenvalue weighted by molar-refractivity contribution is 5.62. The second-order valence-electron chi connectivity index (χ2n) is 5.22. The Labute approximate surface area is 113 Å². The van der Waals surface area contributed by atoms with E-state index in [4.69, 9.17) is 0 Å². The average molecular weight is 257 g/mol. The van der Waals surface area contributed by atoms with Crippen molar-refractivity contribution in [2.45, 2.75) is 19.4 Å². The molecule has 100 valence electrons. The van der Waals surface area contributed by atoms with Crippen LogP contribution in [0, 0.1) is 6.92 Å². The first-order valence-corrected chi connectivity index (χ1v) is 6.65. The van der Waals surface area contributed by atoms with Gasteiger partial charge < -0.3 is 10.2 Å². The van der Waals surface area contributed by atoms with Crippen molar-refractivity contribution in [1.82, 2.24) is 20.1 Å². The summed E-state index contributed by atoms with van der Waals surface area (Å²) in [6.45, 7) is 4.18. The van der Waals surface area contributed by atoms with Gasteiger partial charge in [-0.3, -0.25) is 5.10 Å². The van der Waals surface area contributed by atoms with E-state index in [1.165, 1.54) is 6.42 Å². The lowest BCUT2D eigenvalue weighted by atomic mass is 10.1. The summed E-state index contributed by atoms with van der Waals surface area (Å²) in [6, 6.07) is 8.83. The van der Waals surface area contributed by atoms with Crippen molar-refractivity contribution < 1.29 is 0 Å². The maximum atomic E-state index is 4.36. The maximum Gasteiger partial charge on any atom is 0.181 e. The van der Waals surface area contributed by atoms with E-state index < -0.39 is 0 Å². The van der Waals surface area contributed by atoms with Crippen molar-refractivity contribution in [2.75, 3.05) is 25.5 Å². The van der Waals surface area contributed by atoms with Gasteiger partial charge in [-0.1, -0.05) is 12.1 Å². The van der Waals surface area contributed by atoms with E-state index in [1.54, 1.807) is 0 Å². The van der Waals surface area contributed by atoms with Gasteiger partial charge in [0.05, 0.1) is 0 Å². The number of rotatable bonds is 3. The second-order valence-corrected chi connectivity index (χ2v) is 5.22. The van der Waals surface area contributed by atoms with E-state index in [-0.39, 0.29) is 0 Å². The minimum atomic E-state index is 0.536. The molecule has 1 atom stereocenters. The number of aromatic nitrogens is 3. The van der Waals surface area contributed by atoms with Crippen LogP contribution in [0.15, 0.2) is 24.3 Å². The van der Waals surface area contributed by atoms with Gasteiger partial charge >= 0.3 is 0 Å². The topological polar surface area (TPSA) is 56.8 Å². The van der Waals surface area contributed by atoms with E-state index in [0.29, 0.717) is 6.04 Å². The molecule has 5 heteroatoms. The quantitative estimate of drug-likeness (QED) is 0.881. The van der Waals surface area contributed by atoms with Crippen molar-refractivity contribution in [2.24, 2.45) is 0 Å². The number of benzene rings is 1. The molecule has 0 spiro atoms. The molecule has 1 aromatic carbocycles. The molecule has 1 fully saturated rings. The summed E-state index contributed by atoms with van der Waals surface area (Å²) in [6.07, 6.45) is 1.19. The molecular formula is C14H19N5.